The molecule has 0 spiro atoms. The maximum Gasteiger partial charge on any atom is 0.214 e. The summed E-state index contributed by atoms with van der Waals surface area (Å²) in [7, 11) is 0. The maximum atomic E-state index is 11.2. The lowest BCUT2D eigenvalue weighted by atomic mass is 9.89. The molecule has 1 heterocycles. The molecule has 0 bridgehead atoms. The van der Waals surface area contributed by atoms with E-state index in [1.807, 2.05) is 49.4 Å². The smallest absolute Gasteiger partial charge is 0.214 e. The molecule has 1 aromatic heterocycles. The molecule has 0 aliphatic rings. The quantitative estimate of drug-likeness (QED) is 0.568. The van der Waals surface area contributed by atoms with Gasteiger partial charge < -0.3 is 4.98 Å². The van der Waals surface area contributed by atoms with E-state index in [-0.39, 0.29) is 17.4 Å². The van der Waals surface area contributed by atoms with Crippen LogP contribution in [0, 0.1) is 17.0 Å². The van der Waals surface area contributed by atoms with Crippen LogP contribution in [-0.2, 0) is 0 Å². The third kappa shape index (κ3) is 2.57. The predicted octanol–water partition coefficient (Wildman–Crippen LogP) is 4.54. The molecule has 0 saturated carbocycles. The van der Waals surface area contributed by atoms with E-state index in [2.05, 4.69) is 4.98 Å². The minimum absolute atomic E-state index is 0.188. The molecule has 112 valence electrons. The van der Waals surface area contributed by atoms with Crippen LogP contribution in [0.25, 0.3) is 10.9 Å². The minimum Gasteiger partial charge on any atom is -0.358 e. The van der Waals surface area contributed by atoms with E-state index in [1.54, 1.807) is 6.07 Å². The van der Waals surface area contributed by atoms with Crippen LogP contribution in [0.3, 0.4) is 0 Å². The summed E-state index contributed by atoms with van der Waals surface area (Å²) in [5.74, 6) is -0.375. The first-order valence-corrected chi connectivity index (χ1v) is 7.39. The Hall–Kier alpha value is -2.33. The maximum absolute atomic E-state index is 11.2. The van der Waals surface area contributed by atoms with Gasteiger partial charge in [0.15, 0.2) is 0 Å². The minimum atomic E-state index is -0.375. The first kappa shape index (κ1) is 14.6. The Balaban J connectivity index is 2.23. The molecule has 22 heavy (non-hydrogen) atoms. The summed E-state index contributed by atoms with van der Waals surface area (Å²) in [5.41, 5.74) is 3.65. The predicted molar refractivity (Wildman–Crippen MR) is 88.2 cm³/mol. The fourth-order valence-corrected chi connectivity index (χ4v) is 3.27. The molecule has 4 nitrogen and oxygen atoms in total. The summed E-state index contributed by atoms with van der Waals surface area (Å²) in [6.45, 7) is 1.76. The van der Waals surface area contributed by atoms with Crippen molar-refractivity contribution in [3.63, 3.8) is 0 Å². The van der Waals surface area contributed by atoms with E-state index >= 15 is 0 Å². The fourth-order valence-electron chi connectivity index (χ4n) is 3.00. The van der Waals surface area contributed by atoms with Crippen molar-refractivity contribution in [1.29, 1.82) is 0 Å². The number of fused-ring (bicyclic) bond motifs is 1. The summed E-state index contributed by atoms with van der Waals surface area (Å²) in [6.07, 6.45) is 0. The summed E-state index contributed by atoms with van der Waals surface area (Å²) >= 11 is 6.29. The molecule has 0 fully saturated rings. The van der Waals surface area contributed by atoms with Gasteiger partial charge in [-0.3, -0.25) is 10.1 Å². The van der Waals surface area contributed by atoms with E-state index in [4.69, 9.17) is 11.6 Å². The second kappa shape index (κ2) is 5.81. The molecule has 1 N–H and O–H groups in total. The largest absolute Gasteiger partial charge is 0.358 e. The van der Waals surface area contributed by atoms with Crippen molar-refractivity contribution in [2.75, 3.05) is 6.54 Å². The summed E-state index contributed by atoms with van der Waals surface area (Å²) in [5, 5.41) is 12.8. The molecule has 3 rings (SSSR count). The summed E-state index contributed by atoms with van der Waals surface area (Å²) in [6, 6.07) is 15.2. The number of halogens is 1. The van der Waals surface area contributed by atoms with Crippen LogP contribution in [0.5, 0.6) is 0 Å². The number of hydrogen-bond acceptors (Lipinski definition) is 2. The Morgan fingerprint density at radius 2 is 1.86 bits per heavy atom. The van der Waals surface area contributed by atoms with E-state index in [9.17, 15) is 10.1 Å². The van der Waals surface area contributed by atoms with Crippen LogP contribution in [0.4, 0.5) is 0 Å². The van der Waals surface area contributed by atoms with Gasteiger partial charge in [-0.05, 0) is 30.2 Å². The number of nitrogens with zero attached hydrogens (tertiary/aromatic N) is 1. The number of benzene rings is 2. The average Bonchev–Trinajstić information content (AvgIpc) is 2.81. The van der Waals surface area contributed by atoms with Gasteiger partial charge in [0, 0.05) is 26.5 Å². The van der Waals surface area contributed by atoms with E-state index in [0.29, 0.717) is 5.02 Å². The number of rotatable bonds is 4. The molecule has 3 aromatic rings. The van der Waals surface area contributed by atoms with Gasteiger partial charge in [0.05, 0.1) is 5.92 Å². The zero-order valence-corrected chi connectivity index (χ0v) is 12.8. The van der Waals surface area contributed by atoms with Crippen molar-refractivity contribution < 1.29 is 4.92 Å². The standard InChI is InChI=1S/C17H15ClN2O2/c1-11-17(13-7-3-5-9-16(13)19-11)14(10-20(21)22)12-6-2-4-8-15(12)18/h2-9,14,19H,10H2,1H3/t14-/m0/s1. The van der Waals surface area contributed by atoms with E-state index in [0.717, 1.165) is 27.7 Å². The Kier molecular flexibility index (Phi) is 3.86. The van der Waals surface area contributed by atoms with Crippen molar-refractivity contribution in [2.45, 2.75) is 12.8 Å². The molecule has 0 saturated heterocycles. The van der Waals surface area contributed by atoms with Gasteiger partial charge in [0.2, 0.25) is 6.54 Å². The highest BCUT2D eigenvalue weighted by molar-refractivity contribution is 6.31. The number of aromatic nitrogens is 1. The lowest BCUT2D eigenvalue weighted by Crippen LogP contribution is -2.15. The number of hydrogen-bond donors (Lipinski definition) is 1. The Bertz CT molecular complexity index is 842. The first-order valence-electron chi connectivity index (χ1n) is 7.01. The highest BCUT2D eigenvalue weighted by Crippen LogP contribution is 2.36. The van der Waals surface area contributed by atoms with Gasteiger partial charge in [-0.1, -0.05) is 48.0 Å². The monoisotopic (exact) mass is 314 g/mol. The molecule has 0 unspecified atom stereocenters. The highest BCUT2D eigenvalue weighted by atomic mass is 35.5. The lowest BCUT2D eigenvalue weighted by molar-refractivity contribution is -0.481. The molecule has 0 radical (unpaired) electrons. The zero-order valence-electron chi connectivity index (χ0n) is 12.0. The lowest BCUT2D eigenvalue weighted by Gasteiger charge is -2.16. The van der Waals surface area contributed by atoms with Gasteiger partial charge in [0.1, 0.15) is 0 Å². The molecule has 0 amide bonds. The van der Waals surface area contributed by atoms with Crippen LogP contribution < -0.4 is 0 Å². The average molecular weight is 315 g/mol. The van der Waals surface area contributed by atoms with Crippen molar-refractivity contribution in [2.24, 2.45) is 0 Å². The molecule has 0 aliphatic carbocycles. The third-order valence-corrected chi connectivity index (χ3v) is 4.25. The van der Waals surface area contributed by atoms with Crippen LogP contribution in [0.2, 0.25) is 5.02 Å². The highest BCUT2D eigenvalue weighted by Gasteiger charge is 2.26. The summed E-state index contributed by atoms with van der Waals surface area (Å²) < 4.78 is 0. The Morgan fingerprint density at radius 1 is 1.18 bits per heavy atom. The Morgan fingerprint density at radius 3 is 2.59 bits per heavy atom. The van der Waals surface area contributed by atoms with Crippen molar-refractivity contribution in [3.05, 3.63) is 80.5 Å². The number of nitrogens with one attached hydrogen (secondary N) is 1. The van der Waals surface area contributed by atoms with E-state index in [1.165, 1.54) is 0 Å². The van der Waals surface area contributed by atoms with Crippen LogP contribution in [0.1, 0.15) is 22.7 Å². The number of aryl methyl sites for hydroxylation is 1. The molecular weight excluding hydrogens is 300 g/mol. The number of H-pyrrole nitrogens is 1. The molecule has 2 aromatic carbocycles. The second-order valence-corrected chi connectivity index (χ2v) is 5.71. The fraction of sp³-hybridized carbons (Fsp3) is 0.176. The third-order valence-electron chi connectivity index (χ3n) is 3.90. The van der Waals surface area contributed by atoms with Crippen molar-refractivity contribution in [3.8, 4) is 0 Å². The van der Waals surface area contributed by atoms with Gasteiger partial charge in [-0.2, -0.15) is 0 Å². The number of aromatic amines is 1. The zero-order chi connectivity index (χ0) is 15.7. The van der Waals surface area contributed by atoms with Crippen molar-refractivity contribution >= 4 is 22.5 Å². The normalized spacial score (nSPS) is 12.5. The van der Waals surface area contributed by atoms with Crippen molar-refractivity contribution in [1.82, 2.24) is 4.98 Å². The van der Waals surface area contributed by atoms with Crippen LogP contribution >= 0.6 is 11.6 Å². The van der Waals surface area contributed by atoms with Gasteiger partial charge >= 0.3 is 0 Å². The van der Waals surface area contributed by atoms with E-state index < -0.39 is 0 Å². The van der Waals surface area contributed by atoms with Crippen LogP contribution in [-0.4, -0.2) is 16.5 Å². The molecule has 5 heteroatoms. The molecule has 0 aliphatic heterocycles. The second-order valence-electron chi connectivity index (χ2n) is 5.30. The molecule has 1 atom stereocenters. The van der Waals surface area contributed by atoms with Gasteiger partial charge in [-0.15, -0.1) is 0 Å². The topological polar surface area (TPSA) is 58.9 Å². The molecular formula is C17H15ClN2O2. The number of nitro groups is 1. The van der Waals surface area contributed by atoms with Crippen LogP contribution in [0.15, 0.2) is 48.5 Å². The summed E-state index contributed by atoms with van der Waals surface area (Å²) in [4.78, 5) is 14.2. The van der Waals surface area contributed by atoms with Gasteiger partial charge in [0.25, 0.3) is 0 Å². The van der Waals surface area contributed by atoms with Gasteiger partial charge in [-0.25, -0.2) is 0 Å². The first-order chi connectivity index (χ1) is 10.6. The Labute approximate surface area is 132 Å². The SMILES string of the molecule is Cc1[nH]c2ccccc2c1[C@@H](C[N+](=O)[O-])c1ccccc1Cl. The number of para-hydroxylation sites is 1.